The predicted molar refractivity (Wildman–Crippen MR) is 95.1 cm³/mol. The topological polar surface area (TPSA) is 52.6 Å². The number of guanidine groups is 1. The quantitative estimate of drug-likeness (QED) is 0.566. The molecule has 2 N–H and O–H groups in total. The Balaban J connectivity index is 1.75. The van der Waals surface area contributed by atoms with Crippen LogP contribution in [0.4, 0.5) is 13.2 Å². The molecule has 1 unspecified atom stereocenters. The van der Waals surface area contributed by atoms with Crippen molar-refractivity contribution in [3.05, 3.63) is 16.1 Å². The maximum atomic E-state index is 12.4. The van der Waals surface area contributed by atoms with Crippen LogP contribution in [0.25, 0.3) is 0 Å². The Morgan fingerprint density at radius 2 is 2.24 bits per heavy atom. The third kappa shape index (κ3) is 7.60. The SMILES string of the molecule is CCNC(=NCC1CCN(CC(F)(F)F)C1)NCCc1csc(C)n1. The first-order chi connectivity index (χ1) is 11.9. The van der Waals surface area contributed by atoms with Crippen LogP contribution in [0.2, 0.25) is 0 Å². The molecule has 2 rings (SSSR count). The van der Waals surface area contributed by atoms with Gasteiger partial charge in [0.25, 0.3) is 0 Å². The van der Waals surface area contributed by atoms with E-state index in [9.17, 15) is 13.2 Å². The number of nitrogens with one attached hydrogen (secondary N) is 2. The molecule has 1 atom stereocenters. The maximum Gasteiger partial charge on any atom is 0.401 e. The number of halogens is 3. The number of aliphatic imine (C=N–C) groups is 1. The molecule has 5 nitrogen and oxygen atoms in total. The summed E-state index contributed by atoms with van der Waals surface area (Å²) in [6, 6.07) is 0. The molecule has 1 aromatic rings. The molecule has 0 bridgehead atoms. The van der Waals surface area contributed by atoms with E-state index in [1.807, 2.05) is 13.8 Å². The molecule has 0 saturated carbocycles. The first-order valence-corrected chi connectivity index (χ1v) is 9.46. The van der Waals surface area contributed by atoms with Crippen LogP contribution in [0.3, 0.4) is 0 Å². The number of aryl methyl sites for hydroxylation is 1. The molecule has 1 aromatic heterocycles. The highest BCUT2D eigenvalue weighted by atomic mass is 32.1. The fourth-order valence-corrected chi connectivity index (χ4v) is 3.50. The number of hydrogen-bond acceptors (Lipinski definition) is 4. The van der Waals surface area contributed by atoms with E-state index in [0.717, 1.165) is 36.6 Å². The smallest absolute Gasteiger partial charge is 0.357 e. The fraction of sp³-hybridized carbons (Fsp3) is 0.750. The highest BCUT2D eigenvalue weighted by molar-refractivity contribution is 7.09. The number of nitrogens with zero attached hydrogens (tertiary/aromatic N) is 3. The first kappa shape index (κ1) is 20.0. The van der Waals surface area contributed by atoms with Gasteiger partial charge in [-0.2, -0.15) is 13.2 Å². The predicted octanol–water partition coefficient (Wildman–Crippen LogP) is 2.43. The normalized spacial score (nSPS) is 19.4. The summed E-state index contributed by atoms with van der Waals surface area (Å²) in [4.78, 5) is 10.4. The van der Waals surface area contributed by atoms with Crippen LogP contribution in [0.15, 0.2) is 10.4 Å². The van der Waals surface area contributed by atoms with Crippen molar-refractivity contribution >= 4 is 17.3 Å². The van der Waals surface area contributed by atoms with Gasteiger partial charge in [-0.1, -0.05) is 0 Å². The zero-order valence-electron chi connectivity index (χ0n) is 14.7. The molecule has 1 aliphatic rings. The molecule has 0 spiro atoms. The van der Waals surface area contributed by atoms with Gasteiger partial charge < -0.3 is 10.6 Å². The molecule has 2 heterocycles. The van der Waals surface area contributed by atoms with Crippen molar-refractivity contribution in [3.63, 3.8) is 0 Å². The van der Waals surface area contributed by atoms with Crippen molar-refractivity contribution < 1.29 is 13.2 Å². The number of hydrogen-bond donors (Lipinski definition) is 2. The lowest BCUT2D eigenvalue weighted by molar-refractivity contribution is -0.143. The summed E-state index contributed by atoms with van der Waals surface area (Å²) in [5.41, 5.74) is 1.06. The van der Waals surface area contributed by atoms with Gasteiger partial charge in [0.2, 0.25) is 0 Å². The van der Waals surface area contributed by atoms with E-state index in [0.29, 0.717) is 25.6 Å². The number of likely N-dealkylation sites (tertiary alicyclic amines) is 1. The molecule has 0 aromatic carbocycles. The molecular formula is C16H26F3N5S. The number of alkyl halides is 3. The number of rotatable bonds is 7. The van der Waals surface area contributed by atoms with Crippen molar-refractivity contribution in [2.24, 2.45) is 10.9 Å². The summed E-state index contributed by atoms with van der Waals surface area (Å²) in [5.74, 6) is 0.891. The molecule has 1 saturated heterocycles. The summed E-state index contributed by atoms with van der Waals surface area (Å²) in [7, 11) is 0. The zero-order valence-corrected chi connectivity index (χ0v) is 15.5. The Hall–Kier alpha value is -1.35. The van der Waals surface area contributed by atoms with Gasteiger partial charge in [0, 0.05) is 38.0 Å². The molecule has 9 heteroatoms. The minimum atomic E-state index is -4.12. The van der Waals surface area contributed by atoms with Crippen molar-refractivity contribution in [3.8, 4) is 0 Å². The average molecular weight is 377 g/mol. The van der Waals surface area contributed by atoms with E-state index in [-0.39, 0.29) is 5.92 Å². The Bertz CT molecular complexity index is 558. The van der Waals surface area contributed by atoms with Gasteiger partial charge in [0.05, 0.1) is 17.2 Å². The highest BCUT2D eigenvalue weighted by Gasteiger charge is 2.34. The van der Waals surface area contributed by atoms with Crippen LogP contribution in [0, 0.1) is 12.8 Å². The second kappa shape index (κ2) is 9.38. The summed E-state index contributed by atoms with van der Waals surface area (Å²) >= 11 is 1.64. The van der Waals surface area contributed by atoms with Crippen LogP contribution < -0.4 is 10.6 Å². The lowest BCUT2D eigenvalue weighted by Gasteiger charge is -2.17. The van der Waals surface area contributed by atoms with Gasteiger partial charge in [0.15, 0.2) is 5.96 Å². The van der Waals surface area contributed by atoms with Crippen LogP contribution in [0.1, 0.15) is 24.0 Å². The van der Waals surface area contributed by atoms with Gasteiger partial charge in [0.1, 0.15) is 0 Å². The Morgan fingerprint density at radius 1 is 1.44 bits per heavy atom. The van der Waals surface area contributed by atoms with E-state index in [4.69, 9.17) is 0 Å². The second-order valence-corrected chi connectivity index (χ2v) is 7.32. The molecule has 25 heavy (non-hydrogen) atoms. The summed E-state index contributed by atoms with van der Waals surface area (Å²) in [5, 5.41) is 9.54. The number of thiazole rings is 1. The Morgan fingerprint density at radius 3 is 2.88 bits per heavy atom. The third-order valence-corrected chi connectivity index (χ3v) is 4.79. The molecule has 0 aliphatic carbocycles. The van der Waals surface area contributed by atoms with Gasteiger partial charge in [-0.3, -0.25) is 9.89 Å². The van der Waals surface area contributed by atoms with Crippen molar-refractivity contribution in [2.45, 2.75) is 32.9 Å². The van der Waals surface area contributed by atoms with Crippen molar-refractivity contribution in [1.29, 1.82) is 0 Å². The molecule has 0 radical (unpaired) electrons. The van der Waals surface area contributed by atoms with Crippen molar-refractivity contribution in [1.82, 2.24) is 20.5 Å². The number of aromatic nitrogens is 1. The largest absolute Gasteiger partial charge is 0.401 e. The summed E-state index contributed by atoms with van der Waals surface area (Å²) in [6.07, 6.45) is -2.54. The van der Waals surface area contributed by atoms with E-state index in [2.05, 4.69) is 26.0 Å². The summed E-state index contributed by atoms with van der Waals surface area (Å²) in [6.45, 7) is 6.11. The van der Waals surface area contributed by atoms with E-state index in [1.54, 1.807) is 11.3 Å². The van der Waals surface area contributed by atoms with E-state index in [1.165, 1.54) is 4.90 Å². The molecular weight excluding hydrogens is 351 g/mol. The minimum absolute atomic E-state index is 0.180. The lowest BCUT2D eigenvalue weighted by Crippen LogP contribution is -2.39. The van der Waals surface area contributed by atoms with Gasteiger partial charge >= 0.3 is 6.18 Å². The average Bonchev–Trinajstić information content (AvgIpc) is 3.12. The van der Waals surface area contributed by atoms with Gasteiger partial charge in [-0.15, -0.1) is 11.3 Å². The highest BCUT2D eigenvalue weighted by Crippen LogP contribution is 2.22. The third-order valence-electron chi connectivity index (χ3n) is 3.96. The molecule has 1 fully saturated rings. The van der Waals surface area contributed by atoms with Gasteiger partial charge in [-0.25, -0.2) is 4.98 Å². The van der Waals surface area contributed by atoms with Crippen LogP contribution in [-0.2, 0) is 6.42 Å². The van der Waals surface area contributed by atoms with E-state index < -0.39 is 12.7 Å². The zero-order chi connectivity index (χ0) is 18.3. The standard InChI is InChI=1S/C16H26F3N5S/c1-3-20-15(21-6-4-14-10-25-12(2)23-14)22-8-13-5-7-24(9-13)11-16(17,18)19/h10,13H,3-9,11H2,1-2H3,(H2,20,21,22). The molecule has 0 amide bonds. The fourth-order valence-electron chi connectivity index (χ4n) is 2.85. The van der Waals surface area contributed by atoms with Crippen LogP contribution in [0.5, 0.6) is 0 Å². The lowest BCUT2D eigenvalue weighted by atomic mass is 10.1. The Labute approximate surface area is 150 Å². The van der Waals surface area contributed by atoms with E-state index >= 15 is 0 Å². The Kier molecular flexibility index (Phi) is 7.49. The van der Waals surface area contributed by atoms with Crippen LogP contribution >= 0.6 is 11.3 Å². The maximum absolute atomic E-state index is 12.4. The molecule has 1 aliphatic heterocycles. The summed E-state index contributed by atoms with van der Waals surface area (Å²) < 4.78 is 37.3. The minimum Gasteiger partial charge on any atom is -0.357 e. The first-order valence-electron chi connectivity index (χ1n) is 8.58. The van der Waals surface area contributed by atoms with Gasteiger partial charge in [-0.05, 0) is 32.7 Å². The monoisotopic (exact) mass is 377 g/mol. The van der Waals surface area contributed by atoms with Crippen molar-refractivity contribution in [2.75, 3.05) is 39.3 Å². The second-order valence-electron chi connectivity index (χ2n) is 6.26. The van der Waals surface area contributed by atoms with Crippen LogP contribution in [-0.4, -0.2) is 61.3 Å². The molecule has 142 valence electrons.